The van der Waals surface area contributed by atoms with Crippen LogP contribution in [0.25, 0.3) is 0 Å². The van der Waals surface area contributed by atoms with Gasteiger partial charge in [-0.25, -0.2) is 0 Å². The lowest BCUT2D eigenvalue weighted by atomic mass is 10.4. The van der Waals surface area contributed by atoms with E-state index in [4.69, 9.17) is 0 Å². The van der Waals surface area contributed by atoms with Gasteiger partial charge in [-0.15, -0.1) is 0 Å². The van der Waals surface area contributed by atoms with Gasteiger partial charge in [-0.3, -0.25) is 0 Å². The van der Waals surface area contributed by atoms with Crippen LogP contribution < -0.4 is 20.1 Å². The van der Waals surface area contributed by atoms with Crippen molar-refractivity contribution < 1.29 is 60.1 Å². The molecule has 9 nitrogen and oxygen atoms in total. The molecule has 1 unspecified atom stereocenters. The number of halogens is 7. The largest absolute Gasteiger partial charge is 0.389 e. The van der Waals surface area contributed by atoms with Gasteiger partial charge in [0, 0.05) is 7.11 Å². The van der Waals surface area contributed by atoms with E-state index in [2.05, 4.69) is 9.03 Å². The van der Waals surface area contributed by atoms with Gasteiger partial charge >= 0.3 is 12.1 Å². The normalized spacial score (nSPS) is 15.0. The van der Waals surface area contributed by atoms with Crippen LogP contribution in [0.3, 0.4) is 0 Å². The molecule has 118 valence electrons. The van der Waals surface area contributed by atoms with E-state index in [-0.39, 0.29) is 13.3 Å². The summed E-state index contributed by atoms with van der Waals surface area (Å²) in [6, 6.07) is 0. The standard InChI is InChI=1S/C3H4ClF6N3O5.H3N/c1-17-3(12(7)8,13(9)10)2(11(5)6)18-4(14,15)16;/h2H,1H3;1H3. The zero-order chi connectivity index (χ0) is 14.7. The highest BCUT2D eigenvalue weighted by Crippen LogP contribution is 2.33. The van der Waals surface area contributed by atoms with E-state index < -0.39 is 38.4 Å². The van der Waals surface area contributed by atoms with Crippen LogP contribution in [0, 0.1) is 10.2 Å². The van der Waals surface area contributed by atoms with Crippen molar-refractivity contribution >= 4 is 0 Å². The number of ether oxygens (including phenoxy) is 1. The summed E-state index contributed by atoms with van der Waals surface area (Å²) in [6.45, 7) is 0. The predicted octanol–water partition coefficient (Wildman–Crippen LogP) is -2.10. The minimum absolute atomic E-state index is 0. The minimum Gasteiger partial charge on any atom is -0.344 e. The maximum absolute atomic E-state index is 12.2. The molecule has 0 aromatic heterocycles. The third-order valence-electron chi connectivity index (χ3n) is 1.48. The number of nitrogens with zero attached hydrogens (tertiary/aromatic N) is 3. The fourth-order valence-electron chi connectivity index (χ4n) is 0.782. The van der Waals surface area contributed by atoms with Crippen molar-refractivity contribution in [2.75, 3.05) is 7.11 Å². The molecule has 0 saturated heterocycles. The molecule has 0 bridgehead atoms. The molecule has 0 rings (SSSR count). The van der Waals surface area contributed by atoms with Gasteiger partial charge in [0.15, 0.2) is 0 Å². The lowest BCUT2D eigenvalue weighted by Gasteiger charge is -2.33. The highest BCUT2D eigenvalue weighted by Gasteiger charge is 2.66. The molecule has 0 saturated carbocycles. The second kappa shape index (κ2) is 7.33. The van der Waals surface area contributed by atoms with Gasteiger partial charge in [0.1, 0.15) is 0 Å². The number of rotatable bonds is 7. The second-order valence-corrected chi connectivity index (χ2v) is 3.34. The zero-order valence-corrected chi connectivity index (χ0v) is 9.57. The summed E-state index contributed by atoms with van der Waals surface area (Å²) in [5.41, 5.74) is 0. The Labute approximate surface area is 103 Å². The Bertz CT molecular complexity index is 260. The van der Waals surface area contributed by atoms with Gasteiger partial charge in [-0.2, -0.15) is 14.0 Å². The quantitative estimate of drug-likeness (QED) is 0.317. The molecule has 0 heterocycles. The van der Waals surface area contributed by atoms with E-state index in [1.54, 1.807) is 0 Å². The van der Waals surface area contributed by atoms with Crippen LogP contribution in [0.5, 0.6) is 0 Å². The van der Waals surface area contributed by atoms with Crippen molar-refractivity contribution in [3.63, 3.8) is 0 Å². The summed E-state index contributed by atoms with van der Waals surface area (Å²) in [6.07, 6.45) is -3.96. The Kier molecular flexibility index (Phi) is 8.04. The summed E-state index contributed by atoms with van der Waals surface area (Å²) < 4.78 is 110. The fourth-order valence-corrected chi connectivity index (χ4v) is 1.16. The maximum Gasteiger partial charge on any atom is 0.389 e. The molecule has 16 heteroatoms. The Morgan fingerprint density at radius 3 is 1.53 bits per heavy atom. The zero-order valence-electron chi connectivity index (χ0n) is 8.81. The van der Waals surface area contributed by atoms with Gasteiger partial charge in [-0.05, 0) is 0 Å². The summed E-state index contributed by atoms with van der Waals surface area (Å²) >= 11 is 0. The summed E-state index contributed by atoms with van der Waals surface area (Å²) in [5.74, 6) is -4.64. The van der Waals surface area contributed by atoms with Gasteiger partial charge in [0.05, 0.1) is 30.6 Å². The van der Waals surface area contributed by atoms with Crippen LogP contribution in [0.15, 0.2) is 0 Å². The molecular formula is C3H7ClF6N4O5. The number of methoxy groups -OCH3 is 1. The van der Waals surface area contributed by atoms with Gasteiger partial charge in [0.25, 0.3) is 0 Å². The van der Waals surface area contributed by atoms with Gasteiger partial charge in [-0.1, -0.05) is 26.9 Å². The Balaban J connectivity index is 0. The van der Waals surface area contributed by atoms with E-state index in [1.165, 1.54) is 0 Å². The lowest BCUT2D eigenvalue weighted by Crippen LogP contribution is -2.70. The van der Waals surface area contributed by atoms with Crippen molar-refractivity contribution in [2.24, 2.45) is 0 Å². The Morgan fingerprint density at radius 1 is 1.00 bits per heavy atom. The number of hydrogen-bond acceptors (Lipinski definition) is 9. The first kappa shape index (κ1) is 20.8. The molecule has 3 N–H and O–H groups in total. The molecule has 0 aliphatic carbocycles. The van der Waals surface area contributed by atoms with E-state index in [1.807, 2.05) is 0 Å². The third-order valence-corrected chi connectivity index (χ3v) is 1.86. The first-order valence-corrected chi connectivity index (χ1v) is 4.71. The van der Waals surface area contributed by atoms with Gasteiger partial charge < -0.3 is 10.9 Å². The van der Waals surface area contributed by atoms with Crippen LogP contribution >= 0.6 is 0 Å². The average molecular weight is 329 g/mol. The van der Waals surface area contributed by atoms with Crippen molar-refractivity contribution in [2.45, 2.75) is 12.1 Å². The average Bonchev–Trinajstić information content (AvgIpc) is 2.14. The lowest BCUT2D eigenvalue weighted by molar-refractivity contribution is -1.92. The topological polar surface area (TPSA) is 132 Å². The monoisotopic (exact) mass is 328 g/mol. The van der Waals surface area contributed by atoms with Crippen LogP contribution in [0.4, 0.5) is 26.9 Å². The smallest absolute Gasteiger partial charge is 0.344 e. The molecular weight excluding hydrogens is 321 g/mol. The SMILES string of the molecule is COC(C(O[Cl+3]([O-])([O-])[O-])N(F)F)(N(F)F)N(F)F.N. The molecule has 0 amide bonds. The van der Waals surface area contributed by atoms with Crippen LogP contribution in [-0.4, -0.2) is 35.2 Å². The summed E-state index contributed by atoms with van der Waals surface area (Å²) in [4.78, 5) is 0. The van der Waals surface area contributed by atoms with Crippen molar-refractivity contribution in [1.82, 2.24) is 22.2 Å². The Morgan fingerprint density at radius 2 is 1.37 bits per heavy atom. The van der Waals surface area contributed by atoms with Crippen LogP contribution in [-0.2, 0) is 9.03 Å². The van der Waals surface area contributed by atoms with E-state index >= 15 is 0 Å². The van der Waals surface area contributed by atoms with Crippen LogP contribution in [0.2, 0.25) is 0 Å². The van der Waals surface area contributed by atoms with E-state index in [9.17, 15) is 40.9 Å². The minimum atomic E-state index is -5.71. The predicted molar refractivity (Wildman–Crippen MR) is 31.8 cm³/mol. The highest BCUT2D eigenvalue weighted by molar-refractivity contribution is 4.72. The second-order valence-electron chi connectivity index (χ2n) is 2.41. The molecule has 19 heavy (non-hydrogen) atoms. The Hall–Kier alpha value is -0.490. The molecule has 0 spiro atoms. The fraction of sp³-hybridized carbons (Fsp3) is 1.00. The first-order valence-electron chi connectivity index (χ1n) is 3.47. The molecule has 0 aromatic rings. The van der Waals surface area contributed by atoms with Crippen molar-refractivity contribution in [3.8, 4) is 0 Å². The molecule has 1 atom stereocenters. The third kappa shape index (κ3) is 4.84. The van der Waals surface area contributed by atoms with E-state index in [0.29, 0.717) is 0 Å². The summed E-state index contributed by atoms with van der Waals surface area (Å²) in [5, 5.41) is -7.72. The molecule has 0 aromatic carbocycles. The van der Waals surface area contributed by atoms with Crippen LogP contribution in [0.1, 0.15) is 0 Å². The molecule has 0 fully saturated rings. The molecule has 0 aliphatic rings. The number of hydrogen-bond donors (Lipinski definition) is 1. The van der Waals surface area contributed by atoms with Gasteiger partial charge in [0.2, 0.25) is 0 Å². The summed E-state index contributed by atoms with van der Waals surface area (Å²) in [7, 11) is -5.60. The highest BCUT2D eigenvalue weighted by atomic mass is 35.7. The van der Waals surface area contributed by atoms with Crippen molar-refractivity contribution in [1.29, 1.82) is 0 Å². The first-order chi connectivity index (χ1) is 7.99. The van der Waals surface area contributed by atoms with Crippen molar-refractivity contribution in [3.05, 3.63) is 0 Å². The molecule has 0 aliphatic heterocycles. The van der Waals surface area contributed by atoms with E-state index in [0.717, 1.165) is 0 Å². The maximum atomic E-state index is 12.2. The molecule has 0 radical (unpaired) electrons.